The third-order valence-corrected chi connectivity index (χ3v) is 3.50. The summed E-state index contributed by atoms with van der Waals surface area (Å²) in [5.41, 5.74) is 0.366. The van der Waals surface area contributed by atoms with Crippen molar-refractivity contribution < 1.29 is 4.74 Å². The van der Waals surface area contributed by atoms with Crippen LogP contribution in [0, 0.1) is 11.8 Å². The van der Waals surface area contributed by atoms with Gasteiger partial charge < -0.3 is 4.74 Å². The van der Waals surface area contributed by atoms with Crippen LogP contribution in [0.15, 0.2) is 0 Å². The molecule has 0 amide bonds. The van der Waals surface area contributed by atoms with Crippen molar-refractivity contribution in [2.24, 2.45) is 11.8 Å². The van der Waals surface area contributed by atoms with Gasteiger partial charge in [0, 0.05) is 12.5 Å². The van der Waals surface area contributed by atoms with E-state index >= 15 is 0 Å². The summed E-state index contributed by atoms with van der Waals surface area (Å²) in [4.78, 5) is 2.52. The second kappa shape index (κ2) is 0.789. The van der Waals surface area contributed by atoms with Crippen molar-refractivity contribution in [2.75, 3.05) is 6.54 Å². The van der Waals surface area contributed by atoms with Crippen molar-refractivity contribution in [3.05, 3.63) is 0 Å². The maximum Gasteiger partial charge on any atom is 0.136 e. The Hall–Kier alpha value is -0.0800. The van der Waals surface area contributed by atoms with Gasteiger partial charge in [-0.15, -0.1) is 0 Å². The maximum atomic E-state index is 5.63. The molecule has 0 radical (unpaired) electrons. The van der Waals surface area contributed by atoms with Crippen molar-refractivity contribution >= 4 is 0 Å². The summed E-state index contributed by atoms with van der Waals surface area (Å²) >= 11 is 0. The SMILES string of the molecule is C1CC1C12OC3C1CN32. The summed E-state index contributed by atoms with van der Waals surface area (Å²) in [5.74, 6) is 1.92. The predicted octanol–water partition coefficient (Wildman–Crippen LogP) is 0.394. The van der Waals surface area contributed by atoms with Crippen LogP contribution in [0.3, 0.4) is 0 Å². The predicted molar refractivity (Wildman–Crippen MR) is 30.5 cm³/mol. The van der Waals surface area contributed by atoms with Crippen molar-refractivity contribution in [1.29, 1.82) is 0 Å². The molecule has 48 valence electrons. The molecule has 2 nitrogen and oxygen atoms in total. The van der Waals surface area contributed by atoms with E-state index in [1.165, 1.54) is 19.4 Å². The Kier molecular flexibility index (Phi) is 0.345. The number of nitrogens with zero attached hydrogens (tertiary/aromatic N) is 1. The van der Waals surface area contributed by atoms with Crippen molar-refractivity contribution in [3.8, 4) is 0 Å². The molecule has 5 heterocycles. The molecule has 0 aromatic rings. The van der Waals surface area contributed by atoms with Crippen LogP contribution in [-0.4, -0.2) is 23.4 Å². The highest BCUT2D eigenvalue weighted by Crippen LogP contribution is 2.73. The van der Waals surface area contributed by atoms with Crippen LogP contribution >= 0.6 is 0 Å². The first-order valence-corrected chi connectivity index (χ1v) is 3.87. The molecule has 0 aromatic carbocycles. The highest BCUT2D eigenvalue weighted by Gasteiger charge is 2.86. The Morgan fingerprint density at radius 1 is 1.44 bits per heavy atom. The van der Waals surface area contributed by atoms with E-state index < -0.39 is 0 Å². The zero-order valence-corrected chi connectivity index (χ0v) is 5.21. The van der Waals surface area contributed by atoms with E-state index in [0.29, 0.717) is 12.0 Å². The minimum absolute atomic E-state index is 0.366. The quantitative estimate of drug-likeness (QED) is 0.500. The van der Waals surface area contributed by atoms with E-state index in [9.17, 15) is 0 Å². The molecule has 6 rings (SSSR count). The smallest absolute Gasteiger partial charge is 0.136 e. The molecule has 0 spiro atoms. The monoisotopic (exact) mass is 123 g/mol. The minimum Gasteiger partial charge on any atom is -0.341 e. The Bertz CT molecular complexity index is 184. The second-order valence-electron chi connectivity index (χ2n) is 3.79. The summed E-state index contributed by atoms with van der Waals surface area (Å²) in [7, 11) is 0. The number of hydrogen-bond donors (Lipinski definition) is 0. The normalized spacial score (nSPS) is 74.0. The molecule has 6 aliphatic rings. The molecule has 4 atom stereocenters. The van der Waals surface area contributed by atoms with Gasteiger partial charge in [0.25, 0.3) is 0 Å². The van der Waals surface area contributed by atoms with Crippen molar-refractivity contribution in [2.45, 2.75) is 24.8 Å². The van der Waals surface area contributed by atoms with E-state index in [0.717, 1.165) is 11.8 Å². The molecule has 1 aliphatic carbocycles. The molecular weight excluding hydrogens is 114 g/mol. The summed E-state index contributed by atoms with van der Waals surface area (Å²) in [6, 6.07) is 0. The zero-order valence-electron chi connectivity index (χ0n) is 5.21. The molecule has 1 saturated carbocycles. The lowest BCUT2D eigenvalue weighted by molar-refractivity contribution is -0.585. The molecule has 5 aliphatic heterocycles. The highest BCUT2D eigenvalue weighted by molar-refractivity contribution is 5.27. The van der Waals surface area contributed by atoms with Gasteiger partial charge in [-0.1, -0.05) is 0 Å². The Labute approximate surface area is 53.8 Å². The molecule has 9 heavy (non-hydrogen) atoms. The van der Waals surface area contributed by atoms with Crippen molar-refractivity contribution in [1.82, 2.24) is 4.90 Å². The third-order valence-electron chi connectivity index (χ3n) is 3.50. The van der Waals surface area contributed by atoms with E-state index in [1.54, 1.807) is 0 Å². The number of hydrogen-bond acceptors (Lipinski definition) is 2. The van der Waals surface area contributed by atoms with Gasteiger partial charge in [0.15, 0.2) is 0 Å². The molecule has 5 saturated heterocycles. The standard InChI is InChI=1S/C7H9NO/c1-2-4(1)7-5-3-8(7)6(5)9-7/h4-6H,1-3H2. The van der Waals surface area contributed by atoms with E-state index in [2.05, 4.69) is 4.90 Å². The van der Waals surface area contributed by atoms with Crippen molar-refractivity contribution in [3.63, 3.8) is 0 Å². The summed E-state index contributed by atoms with van der Waals surface area (Å²) in [6.45, 7) is 1.35. The van der Waals surface area contributed by atoms with Crippen LogP contribution < -0.4 is 0 Å². The van der Waals surface area contributed by atoms with Crippen LogP contribution in [0.5, 0.6) is 0 Å². The number of rotatable bonds is 1. The van der Waals surface area contributed by atoms with Gasteiger partial charge in [-0.05, 0) is 12.8 Å². The van der Waals surface area contributed by atoms with Gasteiger partial charge >= 0.3 is 0 Å². The van der Waals surface area contributed by atoms with Crippen LogP contribution in [0.2, 0.25) is 0 Å². The van der Waals surface area contributed by atoms with Crippen LogP contribution in [0.1, 0.15) is 12.8 Å². The van der Waals surface area contributed by atoms with Gasteiger partial charge in [-0.3, -0.25) is 0 Å². The first-order valence-electron chi connectivity index (χ1n) is 3.87. The van der Waals surface area contributed by atoms with Crippen LogP contribution in [-0.2, 0) is 4.74 Å². The second-order valence-corrected chi connectivity index (χ2v) is 3.79. The fourth-order valence-corrected chi connectivity index (χ4v) is 2.68. The van der Waals surface area contributed by atoms with Crippen LogP contribution in [0.25, 0.3) is 0 Å². The van der Waals surface area contributed by atoms with Crippen LogP contribution in [0.4, 0.5) is 0 Å². The molecular formula is C7H9NO. The lowest BCUT2D eigenvalue weighted by Gasteiger charge is -2.85. The average molecular weight is 123 g/mol. The molecule has 4 bridgehead atoms. The lowest BCUT2D eigenvalue weighted by atomic mass is 9.62. The Morgan fingerprint density at radius 3 is 2.33 bits per heavy atom. The third kappa shape index (κ3) is 0.193. The van der Waals surface area contributed by atoms with E-state index in [-0.39, 0.29) is 0 Å². The zero-order chi connectivity index (χ0) is 5.64. The maximum absolute atomic E-state index is 5.63. The first-order chi connectivity index (χ1) is 4.43. The van der Waals surface area contributed by atoms with E-state index in [1.807, 2.05) is 0 Å². The molecule has 2 heteroatoms. The highest BCUT2D eigenvalue weighted by atomic mass is 16.6. The largest absolute Gasteiger partial charge is 0.341 e. The average Bonchev–Trinajstić information content (AvgIpc) is 2.42. The fraction of sp³-hybridized carbons (Fsp3) is 1.00. The first kappa shape index (κ1) is 3.94. The molecule has 0 N–H and O–H groups in total. The minimum atomic E-state index is 0.366. The molecule has 6 fully saturated rings. The number of ether oxygens (including phenoxy) is 1. The summed E-state index contributed by atoms with van der Waals surface area (Å²) < 4.78 is 5.63. The van der Waals surface area contributed by atoms with Gasteiger partial charge in [0.05, 0.1) is 5.92 Å². The topological polar surface area (TPSA) is 12.5 Å². The van der Waals surface area contributed by atoms with Gasteiger partial charge in [0.1, 0.15) is 12.0 Å². The lowest BCUT2D eigenvalue weighted by Crippen LogP contribution is -2.99. The summed E-state index contributed by atoms with van der Waals surface area (Å²) in [5, 5.41) is 0. The Morgan fingerprint density at radius 2 is 2.22 bits per heavy atom. The van der Waals surface area contributed by atoms with Gasteiger partial charge in [-0.2, -0.15) is 0 Å². The summed E-state index contributed by atoms with van der Waals surface area (Å²) in [6.07, 6.45) is 3.46. The van der Waals surface area contributed by atoms with Gasteiger partial charge in [0.2, 0.25) is 0 Å². The molecule has 0 aromatic heterocycles. The fourth-order valence-electron chi connectivity index (χ4n) is 2.68. The van der Waals surface area contributed by atoms with E-state index in [4.69, 9.17) is 4.74 Å². The molecule has 4 unspecified atom stereocenters. The van der Waals surface area contributed by atoms with Gasteiger partial charge in [-0.25, -0.2) is 4.90 Å². The Balaban J connectivity index is 1.80.